The molecule has 0 spiro atoms. The Morgan fingerprint density at radius 2 is 0.667 bits per heavy atom. The summed E-state index contributed by atoms with van der Waals surface area (Å²) in [6.45, 7) is 0. The van der Waals surface area contributed by atoms with Gasteiger partial charge in [0.1, 0.15) is 0 Å². The molecule has 3 heteroatoms. The van der Waals surface area contributed by atoms with E-state index in [0.717, 1.165) is 39.8 Å². The highest BCUT2D eigenvalue weighted by molar-refractivity contribution is 6.02. The van der Waals surface area contributed by atoms with Crippen molar-refractivity contribution in [2.75, 3.05) is 14.7 Å². The Morgan fingerprint density at radius 1 is 0.278 bits per heavy atom. The first kappa shape index (κ1) is 44.1. The fourth-order valence-corrected chi connectivity index (χ4v) is 13.6. The average molecular weight is 932 g/mol. The molecule has 0 aliphatic heterocycles. The predicted octanol–water partition coefficient (Wildman–Crippen LogP) is 19.8. The standard InChI is InChI=1S/C69H61N3/c1-5-27-52(28-6-1)69(53-29-7-2-8-30-53)65-42-18-17-41-63(65)64-49-60(45-46-66(64)69)72(68-44-20-26-51-24-14-16-40-62(51)68)59-38-22-37-58(48-59)71(67-43-19-25-50-23-13-15-39-61(50)67)57-36-21-35-56(47-57)70(54-31-9-3-10-32-54)55-33-11-4-12-34-55/h3-4,9-26,31-49,52-53H,1-2,5-8,27-30H2. The minimum atomic E-state index is 0.0551. The van der Waals surface area contributed by atoms with Gasteiger partial charge in [0, 0.05) is 56.0 Å². The van der Waals surface area contributed by atoms with Crippen LogP contribution < -0.4 is 14.7 Å². The van der Waals surface area contributed by atoms with Gasteiger partial charge in [-0.05, 0) is 155 Å². The molecule has 0 atom stereocenters. The molecule has 13 rings (SSSR count). The van der Waals surface area contributed by atoms with Gasteiger partial charge in [-0.3, -0.25) is 0 Å². The normalized spacial score (nSPS) is 15.5. The van der Waals surface area contributed by atoms with Gasteiger partial charge in [-0.2, -0.15) is 0 Å². The van der Waals surface area contributed by atoms with Crippen LogP contribution >= 0.6 is 0 Å². The van der Waals surface area contributed by atoms with E-state index in [4.69, 9.17) is 0 Å². The van der Waals surface area contributed by atoms with Crippen molar-refractivity contribution in [1.82, 2.24) is 0 Å². The summed E-state index contributed by atoms with van der Waals surface area (Å²) < 4.78 is 0. The number of hydrogen-bond donors (Lipinski definition) is 0. The first-order valence-electron chi connectivity index (χ1n) is 26.6. The molecule has 3 aliphatic rings. The second-order valence-electron chi connectivity index (χ2n) is 20.5. The lowest BCUT2D eigenvalue weighted by molar-refractivity contribution is 0.137. The van der Waals surface area contributed by atoms with Crippen LogP contribution in [0.4, 0.5) is 51.2 Å². The summed E-state index contributed by atoms with van der Waals surface area (Å²) in [6.07, 6.45) is 13.4. The van der Waals surface area contributed by atoms with E-state index >= 15 is 0 Å². The third-order valence-corrected chi connectivity index (χ3v) is 16.6. The molecular formula is C69H61N3. The molecule has 0 bridgehead atoms. The fourth-order valence-electron chi connectivity index (χ4n) is 13.6. The van der Waals surface area contributed by atoms with E-state index in [9.17, 15) is 0 Å². The van der Waals surface area contributed by atoms with Gasteiger partial charge in [0.15, 0.2) is 0 Å². The maximum Gasteiger partial charge on any atom is 0.0540 e. The SMILES string of the molecule is c1ccc(N(c2ccccc2)c2cccc(N(c3cccc(N(c4ccc5c(c4)-c4ccccc4C5(C4CCCCC4)C4CCCCC4)c4cccc5ccccc45)c3)c3cccc4ccccc34)c2)cc1. The van der Waals surface area contributed by atoms with Crippen LogP contribution in [0.2, 0.25) is 0 Å². The second-order valence-corrected chi connectivity index (χ2v) is 20.5. The average Bonchev–Trinajstić information content (AvgIpc) is 3.75. The quantitative estimate of drug-likeness (QED) is 0.128. The predicted molar refractivity (Wildman–Crippen MR) is 305 cm³/mol. The van der Waals surface area contributed by atoms with Gasteiger partial charge in [0.2, 0.25) is 0 Å². The number of anilines is 9. The molecule has 0 N–H and O–H groups in total. The molecule has 0 radical (unpaired) electrons. The lowest BCUT2D eigenvalue weighted by Gasteiger charge is -2.49. The molecule has 10 aromatic carbocycles. The highest BCUT2D eigenvalue weighted by atomic mass is 15.2. The van der Waals surface area contributed by atoms with E-state index in [1.807, 2.05) is 0 Å². The van der Waals surface area contributed by atoms with E-state index in [0.29, 0.717) is 11.8 Å². The summed E-state index contributed by atoms with van der Waals surface area (Å²) in [7, 11) is 0. The van der Waals surface area contributed by atoms with Gasteiger partial charge >= 0.3 is 0 Å². The Balaban J connectivity index is 1.01. The molecule has 2 fully saturated rings. The van der Waals surface area contributed by atoms with E-state index in [1.165, 1.54) is 108 Å². The number of benzene rings is 10. The molecule has 3 aliphatic carbocycles. The van der Waals surface area contributed by atoms with Crippen molar-refractivity contribution >= 4 is 72.7 Å². The first-order valence-corrected chi connectivity index (χ1v) is 26.6. The maximum absolute atomic E-state index is 2.59. The van der Waals surface area contributed by atoms with Crippen molar-refractivity contribution < 1.29 is 0 Å². The van der Waals surface area contributed by atoms with Crippen LogP contribution in [0.3, 0.4) is 0 Å². The molecular weight excluding hydrogens is 871 g/mol. The number of fused-ring (bicyclic) bond motifs is 5. The molecule has 3 nitrogen and oxygen atoms in total. The van der Waals surface area contributed by atoms with Crippen molar-refractivity contribution in [2.45, 2.75) is 69.6 Å². The lowest BCUT2D eigenvalue weighted by atomic mass is 9.55. The number of rotatable bonds is 11. The van der Waals surface area contributed by atoms with Gasteiger partial charge in [0.05, 0.1) is 11.4 Å². The van der Waals surface area contributed by atoms with Crippen molar-refractivity contribution in [3.63, 3.8) is 0 Å². The van der Waals surface area contributed by atoms with Crippen molar-refractivity contribution in [3.05, 3.63) is 248 Å². The van der Waals surface area contributed by atoms with Crippen molar-refractivity contribution in [3.8, 4) is 11.1 Å². The Bertz CT molecular complexity index is 3460. The molecule has 0 heterocycles. The summed E-state index contributed by atoms with van der Waals surface area (Å²) >= 11 is 0. The Morgan fingerprint density at radius 3 is 1.19 bits per heavy atom. The topological polar surface area (TPSA) is 9.72 Å². The zero-order valence-electron chi connectivity index (χ0n) is 41.1. The first-order chi connectivity index (χ1) is 35.7. The third kappa shape index (κ3) is 7.65. The van der Waals surface area contributed by atoms with Gasteiger partial charge in [-0.25, -0.2) is 0 Å². The molecule has 72 heavy (non-hydrogen) atoms. The van der Waals surface area contributed by atoms with Crippen LogP contribution in [0.1, 0.15) is 75.3 Å². The Hall–Kier alpha value is -7.88. The summed E-state index contributed by atoms with van der Waals surface area (Å²) in [5.41, 5.74) is 16.1. The van der Waals surface area contributed by atoms with Crippen molar-refractivity contribution in [2.24, 2.45) is 11.8 Å². The molecule has 2 saturated carbocycles. The monoisotopic (exact) mass is 931 g/mol. The van der Waals surface area contributed by atoms with Crippen LogP contribution in [-0.2, 0) is 5.41 Å². The summed E-state index contributed by atoms with van der Waals surface area (Å²) in [5, 5.41) is 4.86. The second kappa shape index (κ2) is 19.0. The maximum atomic E-state index is 2.59. The van der Waals surface area contributed by atoms with Crippen molar-refractivity contribution in [1.29, 1.82) is 0 Å². The van der Waals surface area contributed by atoms with Gasteiger partial charge < -0.3 is 14.7 Å². The summed E-state index contributed by atoms with van der Waals surface area (Å²) in [5.74, 6) is 1.33. The third-order valence-electron chi connectivity index (χ3n) is 16.6. The lowest BCUT2D eigenvalue weighted by Crippen LogP contribution is -2.44. The van der Waals surface area contributed by atoms with E-state index in [1.54, 1.807) is 11.1 Å². The zero-order chi connectivity index (χ0) is 47.8. The number of para-hydroxylation sites is 2. The molecule has 0 saturated heterocycles. The van der Waals surface area contributed by atoms with Gasteiger partial charge in [-0.15, -0.1) is 0 Å². The minimum Gasteiger partial charge on any atom is -0.310 e. The number of nitrogens with zero attached hydrogens (tertiary/aromatic N) is 3. The van der Waals surface area contributed by atoms with E-state index < -0.39 is 0 Å². The van der Waals surface area contributed by atoms with Gasteiger partial charge in [-0.1, -0.05) is 190 Å². The van der Waals surface area contributed by atoms with E-state index in [-0.39, 0.29) is 5.41 Å². The van der Waals surface area contributed by atoms with Crippen LogP contribution in [0.5, 0.6) is 0 Å². The fraction of sp³-hybridized carbons (Fsp3) is 0.188. The molecule has 352 valence electrons. The highest BCUT2D eigenvalue weighted by Gasteiger charge is 2.53. The largest absolute Gasteiger partial charge is 0.310 e. The number of hydrogen-bond acceptors (Lipinski definition) is 3. The molecule has 0 amide bonds. The van der Waals surface area contributed by atoms with Crippen LogP contribution in [-0.4, -0.2) is 0 Å². The van der Waals surface area contributed by atoms with Gasteiger partial charge in [0.25, 0.3) is 0 Å². The van der Waals surface area contributed by atoms with Crippen LogP contribution in [0.15, 0.2) is 237 Å². The molecule has 0 aromatic heterocycles. The van der Waals surface area contributed by atoms with Crippen LogP contribution in [0.25, 0.3) is 32.7 Å². The summed E-state index contributed by atoms with van der Waals surface area (Å²) in [6, 6.07) is 88.1. The van der Waals surface area contributed by atoms with E-state index in [2.05, 4.69) is 251 Å². The summed E-state index contributed by atoms with van der Waals surface area (Å²) in [4.78, 5) is 7.36. The Labute approximate surface area is 425 Å². The smallest absolute Gasteiger partial charge is 0.0540 e. The molecule has 10 aromatic rings. The highest BCUT2D eigenvalue weighted by Crippen LogP contribution is 2.62. The minimum absolute atomic E-state index is 0.0551. The molecule has 0 unspecified atom stereocenters. The zero-order valence-corrected chi connectivity index (χ0v) is 41.1. The van der Waals surface area contributed by atoms with Crippen LogP contribution in [0, 0.1) is 11.8 Å². The Kier molecular flexibility index (Phi) is 11.7.